The van der Waals surface area contributed by atoms with E-state index in [9.17, 15) is 24.6 Å². The number of H-pyrrole nitrogens is 1. The van der Waals surface area contributed by atoms with Gasteiger partial charge in [0.2, 0.25) is 17.7 Å². The van der Waals surface area contributed by atoms with Gasteiger partial charge in [-0.1, -0.05) is 38.1 Å². The predicted octanol–water partition coefficient (Wildman–Crippen LogP) is -0.149. The van der Waals surface area contributed by atoms with Crippen molar-refractivity contribution < 1.29 is 24.6 Å². The summed E-state index contributed by atoms with van der Waals surface area (Å²) < 4.78 is 0. The average molecular weight is 486 g/mol. The molecule has 8 N–H and O–H groups in total. The van der Waals surface area contributed by atoms with Crippen molar-refractivity contribution in [3.05, 3.63) is 47.7 Å². The van der Waals surface area contributed by atoms with Crippen molar-refractivity contribution in [1.82, 2.24) is 20.9 Å². The average Bonchev–Trinajstić information content (AvgIpc) is 3.22. The largest absolute Gasteiger partial charge is 0.390 e. The van der Waals surface area contributed by atoms with E-state index in [0.717, 1.165) is 16.5 Å². The summed E-state index contributed by atoms with van der Waals surface area (Å²) in [5.41, 5.74) is 7.45. The number of carbonyl (C=O) groups excluding carboxylic acids is 3. The van der Waals surface area contributed by atoms with Gasteiger partial charge in [-0.15, -0.1) is 0 Å². The number of nitrogens with two attached hydrogens (primary N) is 1. The van der Waals surface area contributed by atoms with Gasteiger partial charge in [-0.25, -0.2) is 0 Å². The molecule has 0 spiro atoms. The molecule has 10 nitrogen and oxygen atoms in total. The molecule has 1 aliphatic carbocycles. The Morgan fingerprint density at radius 3 is 2.54 bits per heavy atom. The van der Waals surface area contributed by atoms with E-state index in [-0.39, 0.29) is 30.2 Å². The molecule has 0 bridgehead atoms. The van der Waals surface area contributed by atoms with Crippen molar-refractivity contribution in [2.45, 2.75) is 63.4 Å². The molecule has 0 saturated carbocycles. The molecule has 1 heterocycles. The van der Waals surface area contributed by atoms with Crippen LogP contribution in [-0.4, -0.2) is 70.3 Å². The SMILES string of the molecule is CN[C@@H](CC(C)C)C(=O)N[C@@H]1C=C(C(=O)N[C@H](Cc2c[nH]c3ccccc23)C(N)=O)C[C@@H](O)[C@@H]1O. The van der Waals surface area contributed by atoms with E-state index in [1.165, 1.54) is 6.08 Å². The number of aliphatic hydroxyl groups excluding tert-OH is 2. The summed E-state index contributed by atoms with van der Waals surface area (Å²) in [4.78, 5) is 41.0. The summed E-state index contributed by atoms with van der Waals surface area (Å²) >= 11 is 0. The number of para-hydroxylation sites is 1. The molecular formula is C25H35N5O5. The van der Waals surface area contributed by atoms with Gasteiger partial charge in [0, 0.05) is 35.5 Å². The molecule has 190 valence electrons. The quantitative estimate of drug-likeness (QED) is 0.247. The molecule has 0 saturated heterocycles. The third kappa shape index (κ3) is 6.47. The summed E-state index contributed by atoms with van der Waals surface area (Å²) in [6, 6.07) is 5.16. The van der Waals surface area contributed by atoms with Gasteiger partial charge in [0.25, 0.3) is 0 Å². The van der Waals surface area contributed by atoms with Crippen LogP contribution in [0.4, 0.5) is 0 Å². The van der Waals surface area contributed by atoms with Crippen LogP contribution in [0.1, 0.15) is 32.3 Å². The van der Waals surface area contributed by atoms with Crippen LogP contribution in [0, 0.1) is 5.92 Å². The van der Waals surface area contributed by atoms with Gasteiger partial charge in [0.15, 0.2) is 0 Å². The van der Waals surface area contributed by atoms with Gasteiger partial charge in [0.1, 0.15) is 12.1 Å². The maximum absolute atomic E-state index is 13.0. The lowest BCUT2D eigenvalue weighted by atomic mass is 9.89. The van der Waals surface area contributed by atoms with Crippen molar-refractivity contribution in [1.29, 1.82) is 0 Å². The lowest BCUT2D eigenvalue weighted by Gasteiger charge is -2.32. The Hall–Kier alpha value is -3.21. The van der Waals surface area contributed by atoms with Crippen LogP contribution in [0.5, 0.6) is 0 Å². The first kappa shape index (κ1) is 26.4. The first-order valence-electron chi connectivity index (χ1n) is 11.8. The fraction of sp³-hybridized carbons (Fsp3) is 0.480. The molecule has 2 aromatic rings. The summed E-state index contributed by atoms with van der Waals surface area (Å²) in [7, 11) is 1.67. The number of hydrogen-bond acceptors (Lipinski definition) is 6. The molecule has 35 heavy (non-hydrogen) atoms. The zero-order valence-electron chi connectivity index (χ0n) is 20.2. The highest BCUT2D eigenvalue weighted by molar-refractivity contribution is 5.97. The second kappa shape index (κ2) is 11.5. The minimum Gasteiger partial charge on any atom is -0.390 e. The number of rotatable bonds is 10. The Morgan fingerprint density at radius 2 is 1.89 bits per heavy atom. The number of hydrogen-bond donors (Lipinski definition) is 7. The topological polar surface area (TPSA) is 170 Å². The Bertz CT molecular complexity index is 1090. The minimum atomic E-state index is -1.27. The minimum absolute atomic E-state index is 0.126. The summed E-state index contributed by atoms with van der Waals surface area (Å²) in [5, 5.41) is 30.0. The Morgan fingerprint density at radius 1 is 1.17 bits per heavy atom. The van der Waals surface area contributed by atoms with Crippen LogP contribution in [0.15, 0.2) is 42.1 Å². The fourth-order valence-corrected chi connectivity index (χ4v) is 4.35. The number of primary amides is 1. The Balaban J connectivity index is 1.74. The number of amides is 3. The van der Waals surface area contributed by atoms with Crippen molar-refractivity contribution in [3.63, 3.8) is 0 Å². The molecule has 1 aromatic heterocycles. The molecule has 5 atom stereocenters. The van der Waals surface area contributed by atoms with Crippen LogP contribution in [0.25, 0.3) is 10.9 Å². The van der Waals surface area contributed by atoms with Crippen LogP contribution in [0.3, 0.4) is 0 Å². The standard InChI is InChI=1S/C25H35N5O5/c1-13(2)8-20(27-3)25(35)29-18-9-14(11-21(31)22(18)32)24(34)30-19(23(26)33)10-15-12-28-17-7-5-4-6-16(15)17/h4-7,9,12-13,18-22,27-28,31-32H,8,10-11H2,1-3H3,(H2,26,33)(H,29,35)(H,30,34)/t18-,19-,20+,21-,22-/m1/s1. The highest BCUT2D eigenvalue weighted by Crippen LogP contribution is 2.22. The lowest BCUT2D eigenvalue weighted by Crippen LogP contribution is -2.55. The molecule has 1 aromatic carbocycles. The number of benzene rings is 1. The van der Waals surface area contributed by atoms with Crippen molar-refractivity contribution in [2.75, 3.05) is 7.05 Å². The fourth-order valence-electron chi connectivity index (χ4n) is 4.35. The van der Waals surface area contributed by atoms with Gasteiger partial charge in [0.05, 0.1) is 18.2 Å². The molecule has 10 heteroatoms. The maximum Gasteiger partial charge on any atom is 0.247 e. The third-order valence-electron chi connectivity index (χ3n) is 6.29. The van der Waals surface area contributed by atoms with E-state index in [4.69, 9.17) is 5.73 Å². The summed E-state index contributed by atoms with van der Waals surface area (Å²) in [6.07, 6.45) is 1.31. The molecule has 0 fully saturated rings. The van der Waals surface area contributed by atoms with Gasteiger partial charge < -0.3 is 36.9 Å². The number of aromatic nitrogens is 1. The Labute approximate surface area is 204 Å². The van der Waals surface area contributed by atoms with E-state index >= 15 is 0 Å². The first-order chi connectivity index (χ1) is 16.6. The number of carbonyl (C=O) groups is 3. The monoisotopic (exact) mass is 485 g/mol. The van der Waals surface area contributed by atoms with E-state index in [1.807, 2.05) is 38.1 Å². The van der Waals surface area contributed by atoms with Crippen LogP contribution < -0.4 is 21.7 Å². The smallest absolute Gasteiger partial charge is 0.247 e. The number of aliphatic hydroxyl groups is 2. The van der Waals surface area contributed by atoms with Crippen molar-refractivity contribution in [2.24, 2.45) is 11.7 Å². The molecule has 3 amide bonds. The van der Waals surface area contributed by atoms with Crippen molar-refractivity contribution in [3.8, 4) is 0 Å². The van der Waals surface area contributed by atoms with Gasteiger partial charge in [-0.2, -0.15) is 0 Å². The highest BCUT2D eigenvalue weighted by atomic mass is 16.3. The molecule has 0 aliphatic heterocycles. The number of nitrogens with one attached hydrogen (secondary N) is 4. The van der Waals surface area contributed by atoms with E-state index in [2.05, 4.69) is 20.9 Å². The lowest BCUT2D eigenvalue weighted by molar-refractivity contribution is -0.126. The number of likely N-dealkylation sites (N-methyl/N-ethyl adjacent to an activating group) is 1. The predicted molar refractivity (Wildman–Crippen MR) is 132 cm³/mol. The van der Waals surface area contributed by atoms with Crippen LogP contribution in [-0.2, 0) is 20.8 Å². The highest BCUT2D eigenvalue weighted by Gasteiger charge is 2.35. The zero-order valence-corrected chi connectivity index (χ0v) is 20.2. The summed E-state index contributed by atoms with van der Waals surface area (Å²) in [6.45, 7) is 3.98. The molecule has 0 unspecified atom stereocenters. The van der Waals surface area contributed by atoms with Gasteiger partial charge in [-0.3, -0.25) is 14.4 Å². The third-order valence-corrected chi connectivity index (χ3v) is 6.29. The number of fused-ring (bicyclic) bond motifs is 1. The van der Waals surface area contributed by atoms with Crippen LogP contribution in [0.2, 0.25) is 0 Å². The molecular weight excluding hydrogens is 450 g/mol. The molecule has 0 radical (unpaired) electrons. The van der Waals surface area contributed by atoms with E-state index in [0.29, 0.717) is 6.42 Å². The van der Waals surface area contributed by atoms with E-state index in [1.54, 1.807) is 13.2 Å². The van der Waals surface area contributed by atoms with Crippen molar-refractivity contribution >= 4 is 28.6 Å². The maximum atomic E-state index is 13.0. The van der Waals surface area contributed by atoms with Gasteiger partial charge in [-0.05, 0) is 31.0 Å². The summed E-state index contributed by atoms with van der Waals surface area (Å²) in [5.74, 6) is -1.37. The second-order valence-corrected chi connectivity index (χ2v) is 9.45. The Kier molecular flexibility index (Phi) is 8.66. The van der Waals surface area contributed by atoms with E-state index < -0.39 is 42.1 Å². The normalized spacial score (nSPS) is 21.9. The second-order valence-electron chi connectivity index (χ2n) is 9.45. The van der Waals surface area contributed by atoms with Crippen LogP contribution >= 0.6 is 0 Å². The molecule has 1 aliphatic rings. The number of aromatic amines is 1. The van der Waals surface area contributed by atoms with Gasteiger partial charge >= 0.3 is 0 Å². The zero-order chi connectivity index (χ0) is 25.7. The molecule has 3 rings (SSSR count). The first-order valence-corrected chi connectivity index (χ1v) is 11.8.